The summed E-state index contributed by atoms with van der Waals surface area (Å²) < 4.78 is 32.4. The molecule has 0 saturated carbocycles. The molecule has 0 N–H and O–H groups in total. The first kappa shape index (κ1) is 25.8. The van der Waals surface area contributed by atoms with Gasteiger partial charge < -0.3 is 9.68 Å². The van der Waals surface area contributed by atoms with E-state index >= 15 is 0 Å². The fraction of sp³-hybridized carbons (Fsp3) is 0.429. The average Bonchev–Trinajstić information content (AvgIpc) is 2.55. The second kappa shape index (κ2) is 10.7. The summed E-state index contributed by atoms with van der Waals surface area (Å²) in [7, 11) is -4.80. The number of hydrogen-bond donors (Lipinski definition) is 0. The molecule has 0 fully saturated rings. The zero-order valence-corrected chi connectivity index (χ0v) is 21.9. The third-order valence-electron chi connectivity index (χ3n) is 5.45. The van der Waals surface area contributed by atoms with Gasteiger partial charge in [0, 0.05) is 5.39 Å². The normalized spacial score (nSPS) is 11.4. The zero-order chi connectivity index (χ0) is 20.4. The van der Waals surface area contributed by atoms with E-state index in [0.29, 0.717) is 27.4 Å². The third-order valence-corrected chi connectivity index (χ3v) is 11.7. The van der Waals surface area contributed by atoms with Gasteiger partial charge in [-0.05, 0) is 34.1 Å². The van der Waals surface area contributed by atoms with Gasteiger partial charge in [-0.3, -0.25) is 4.32 Å². The Bertz CT molecular complexity index is 854. The molecule has 0 aromatic heterocycles. The molecule has 0 radical (unpaired) electrons. The van der Waals surface area contributed by atoms with E-state index in [0.717, 1.165) is 0 Å². The van der Waals surface area contributed by atoms with Crippen molar-refractivity contribution in [3.63, 3.8) is 0 Å². The Morgan fingerprint density at radius 2 is 1.57 bits per heavy atom. The molecule has 28 heavy (non-hydrogen) atoms. The summed E-state index contributed by atoms with van der Waals surface area (Å²) in [6, 6.07) is 7.81. The molecule has 0 bridgehead atoms. The van der Waals surface area contributed by atoms with E-state index in [1.165, 1.54) is 12.1 Å². The second-order valence-corrected chi connectivity index (χ2v) is 13.4. The number of fused-ring (bicyclic) bond motifs is 1. The van der Waals surface area contributed by atoms with E-state index in [1.807, 2.05) is 0 Å². The third kappa shape index (κ3) is 5.28. The van der Waals surface area contributed by atoms with Crippen LogP contribution in [0.25, 0.3) is 10.8 Å². The van der Waals surface area contributed by atoms with Crippen molar-refractivity contribution < 1.29 is 69.8 Å². The zero-order valence-electron chi connectivity index (χ0n) is 17.8. The first-order valence-electron chi connectivity index (χ1n) is 9.32. The van der Waals surface area contributed by atoms with Crippen molar-refractivity contribution in [2.75, 3.05) is 0 Å². The predicted octanol–water partition coefficient (Wildman–Crippen LogP) is 2.25. The van der Waals surface area contributed by atoms with Crippen LogP contribution in [0.15, 0.2) is 30.3 Å². The molecule has 0 aliphatic carbocycles. The summed E-state index contributed by atoms with van der Waals surface area (Å²) >= 11 is 0. The molecule has 0 atom stereocenters. The summed E-state index contributed by atoms with van der Waals surface area (Å²) in [5.74, 6) is 2.61. The van der Waals surface area contributed by atoms with Crippen molar-refractivity contribution in [2.45, 2.75) is 58.2 Å². The molecule has 0 spiro atoms. The van der Waals surface area contributed by atoms with Gasteiger partial charge in [0.05, 0.1) is 5.56 Å². The van der Waals surface area contributed by atoms with Crippen LogP contribution in [0.1, 0.15) is 47.1 Å². The average molecular weight is 426 g/mol. The van der Waals surface area contributed by atoms with Gasteiger partial charge in [0.15, 0.2) is 0 Å². The van der Waals surface area contributed by atoms with Gasteiger partial charge in [-0.1, -0.05) is 65.7 Å². The van der Waals surface area contributed by atoms with Crippen molar-refractivity contribution in [2.24, 2.45) is 0 Å². The van der Waals surface area contributed by atoms with Crippen LogP contribution in [-0.2, 0) is 0 Å². The molecular weight excluding hydrogens is 400 g/mol. The van der Waals surface area contributed by atoms with Crippen LogP contribution in [0, 0.1) is 17.3 Å². The van der Waals surface area contributed by atoms with Gasteiger partial charge in [-0.15, -0.1) is 5.54 Å². The van der Waals surface area contributed by atoms with Crippen LogP contribution in [-0.4, -0.2) is 15.5 Å². The molecule has 2 aromatic rings. The Balaban J connectivity index is 0.00000392. The Hall–Kier alpha value is -0.202. The number of halogens is 2. The number of benzene rings is 2. The van der Waals surface area contributed by atoms with Gasteiger partial charge in [0.2, 0.25) is 0 Å². The minimum atomic E-state index is -2.73. The molecule has 2 rings (SSSR count). The van der Waals surface area contributed by atoms with Crippen LogP contribution in [0.5, 0.6) is 5.75 Å². The van der Waals surface area contributed by atoms with Crippen molar-refractivity contribution in [1.82, 2.24) is 0 Å². The van der Waals surface area contributed by atoms with Gasteiger partial charge in [0.1, 0.15) is 19.6 Å². The van der Waals surface area contributed by atoms with Gasteiger partial charge in [-0.2, -0.15) is 0 Å². The largest absolute Gasteiger partial charge is 1.00 e. The summed E-state index contributed by atoms with van der Waals surface area (Å²) in [5, 5.41) is 11.9. The summed E-state index contributed by atoms with van der Waals surface area (Å²) in [6.45, 7) is 13.1. The van der Waals surface area contributed by atoms with E-state index in [9.17, 15) is 13.7 Å². The molecule has 0 aliphatic heterocycles. The Morgan fingerprint density at radius 1 is 1.00 bits per heavy atom. The van der Waals surface area contributed by atoms with E-state index in [2.05, 4.69) is 53.0 Å². The summed E-state index contributed by atoms with van der Waals surface area (Å²) in [6.07, 6.45) is 0. The van der Waals surface area contributed by atoms with Gasteiger partial charge >= 0.3 is 58.8 Å². The van der Waals surface area contributed by atoms with Crippen molar-refractivity contribution in [3.05, 3.63) is 41.7 Å². The quantitative estimate of drug-likeness (QED) is 0.543. The predicted molar refractivity (Wildman–Crippen MR) is 109 cm³/mol. The monoisotopic (exact) mass is 426 g/mol. The van der Waals surface area contributed by atoms with Gasteiger partial charge in [0.25, 0.3) is 0 Å². The maximum Gasteiger partial charge on any atom is 1.00 e. The fourth-order valence-electron chi connectivity index (χ4n) is 4.24. The van der Waals surface area contributed by atoms with E-state index in [4.69, 9.17) is 4.65 Å². The number of hydrogen-bond acceptors (Lipinski definition) is 2. The molecule has 0 saturated heterocycles. The topological polar surface area (TPSA) is 32.3 Å². The maximum absolute atomic E-state index is 14.7. The van der Waals surface area contributed by atoms with Crippen LogP contribution >= 0.6 is 0 Å². The standard InChI is InChI=1S/C21H26BF2O2Si.K/c1-14(2)27(15(3)4,16(5)6)13-12-18-19(23)11-10-17-8-7-9-20(21(17)18)26-22(24)25;/h7-11,14-16H,1-6H3;/q-1;+1. The van der Waals surface area contributed by atoms with Crippen LogP contribution in [0.4, 0.5) is 8.71 Å². The minimum absolute atomic E-state index is 0. The van der Waals surface area contributed by atoms with Gasteiger partial charge in [-0.25, -0.2) is 4.39 Å². The van der Waals surface area contributed by atoms with Crippen LogP contribution in [0.2, 0.25) is 16.6 Å². The fourth-order valence-corrected chi connectivity index (χ4v) is 9.45. The molecule has 144 valence electrons. The summed E-state index contributed by atoms with van der Waals surface area (Å²) in [5.41, 5.74) is 4.85. The smallest absolute Gasteiger partial charge is 0.816 e. The molecule has 0 aliphatic rings. The van der Waals surface area contributed by atoms with Crippen LogP contribution in [0.3, 0.4) is 0 Å². The van der Waals surface area contributed by atoms with E-state index in [1.54, 1.807) is 18.2 Å². The molecule has 0 unspecified atom stereocenters. The molecule has 7 heteroatoms. The Morgan fingerprint density at radius 3 is 2.07 bits per heavy atom. The maximum atomic E-state index is 14.7. The first-order valence-corrected chi connectivity index (χ1v) is 11.5. The summed E-state index contributed by atoms with van der Waals surface area (Å²) in [4.78, 5) is 0. The van der Waals surface area contributed by atoms with Crippen molar-refractivity contribution in [3.8, 4) is 17.2 Å². The molecule has 2 aromatic carbocycles. The molecule has 0 amide bonds. The Labute approximate surface area is 211 Å². The molecule has 0 heterocycles. The van der Waals surface area contributed by atoms with Crippen molar-refractivity contribution >= 4 is 26.2 Å². The number of rotatable bonds is 5. The van der Waals surface area contributed by atoms with E-state index in [-0.39, 0.29) is 62.7 Å². The molecular formula is C21H26BF2KO2Si. The minimum Gasteiger partial charge on any atom is -0.816 e. The van der Waals surface area contributed by atoms with Crippen LogP contribution < -0.4 is 61.1 Å². The van der Waals surface area contributed by atoms with E-state index < -0.39 is 21.3 Å². The Kier molecular flexibility index (Phi) is 9.89. The molecule has 2 nitrogen and oxygen atoms in total. The SMILES string of the molecule is CC(C)[Si](C#Cc1c(F)ccc2cccc(OB([O-])F)c12)(C(C)C)C(C)C.[K+]. The first-order chi connectivity index (χ1) is 12.6. The van der Waals surface area contributed by atoms with Crippen molar-refractivity contribution in [1.29, 1.82) is 0 Å². The second-order valence-electron chi connectivity index (χ2n) is 7.82.